The van der Waals surface area contributed by atoms with Crippen molar-refractivity contribution in [1.29, 1.82) is 0 Å². The second-order valence-corrected chi connectivity index (χ2v) is 5.62. The van der Waals surface area contributed by atoms with Crippen molar-refractivity contribution in [2.24, 2.45) is 0 Å². The van der Waals surface area contributed by atoms with Crippen LogP contribution in [0.4, 0.5) is 14.5 Å². The highest BCUT2D eigenvalue weighted by molar-refractivity contribution is 7.89. The molecule has 1 aromatic carbocycles. The number of ether oxygens (including phenoxy) is 1. The summed E-state index contributed by atoms with van der Waals surface area (Å²) < 4.78 is 57.4. The highest BCUT2D eigenvalue weighted by Gasteiger charge is 2.24. The number of halogens is 2. The average Bonchev–Trinajstić information content (AvgIpc) is 2.26. The van der Waals surface area contributed by atoms with Crippen LogP contribution in [0.25, 0.3) is 0 Å². The van der Waals surface area contributed by atoms with E-state index in [0.29, 0.717) is 19.4 Å². The van der Waals surface area contributed by atoms with Crippen molar-refractivity contribution in [3.8, 4) is 0 Å². The fourth-order valence-corrected chi connectivity index (χ4v) is 2.68. The minimum absolute atomic E-state index is 0.0783. The minimum Gasteiger partial charge on any atom is -0.399 e. The minimum atomic E-state index is -4.22. The van der Waals surface area contributed by atoms with Crippen molar-refractivity contribution in [2.45, 2.75) is 17.7 Å². The summed E-state index contributed by atoms with van der Waals surface area (Å²) in [6, 6.07) is 1.53. The van der Waals surface area contributed by atoms with E-state index in [4.69, 9.17) is 10.5 Å². The number of hydrogen-bond acceptors (Lipinski definition) is 4. The first-order valence-electron chi connectivity index (χ1n) is 5.61. The van der Waals surface area contributed by atoms with Crippen molar-refractivity contribution >= 4 is 15.7 Å². The summed E-state index contributed by atoms with van der Waals surface area (Å²) >= 11 is 0. The van der Waals surface area contributed by atoms with Crippen molar-refractivity contribution < 1.29 is 21.9 Å². The van der Waals surface area contributed by atoms with Crippen molar-refractivity contribution in [3.63, 3.8) is 0 Å². The van der Waals surface area contributed by atoms with E-state index in [2.05, 4.69) is 4.72 Å². The number of nitrogen functional groups attached to an aromatic ring is 1. The van der Waals surface area contributed by atoms with Gasteiger partial charge in [-0.15, -0.1) is 0 Å². The Morgan fingerprint density at radius 2 is 1.84 bits per heavy atom. The third-order valence-electron chi connectivity index (χ3n) is 2.36. The van der Waals surface area contributed by atoms with Crippen molar-refractivity contribution in [1.82, 2.24) is 4.72 Å². The van der Waals surface area contributed by atoms with E-state index in [1.165, 1.54) is 7.11 Å². The number of methoxy groups -OCH3 is 1. The third-order valence-corrected chi connectivity index (χ3v) is 3.87. The van der Waals surface area contributed by atoms with E-state index < -0.39 is 26.6 Å². The van der Waals surface area contributed by atoms with Crippen LogP contribution >= 0.6 is 0 Å². The summed E-state index contributed by atoms with van der Waals surface area (Å²) in [4.78, 5) is -1.01. The predicted octanol–water partition coefficient (Wildman–Crippen LogP) is 1.25. The lowest BCUT2D eigenvalue weighted by Gasteiger charge is -2.09. The Kier molecular flexibility index (Phi) is 5.64. The second-order valence-electron chi connectivity index (χ2n) is 3.91. The molecule has 0 unspecified atom stereocenters. The normalized spacial score (nSPS) is 11.7. The molecule has 1 aromatic rings. The fourth-order valence-electron chi connectivity index (χ4n) is 1.49. The van der Waals surface area contributed by atoms with Gasteiger partial charge in [0.1, 0.15) is 11.6 Å². The van der Waals surface area contributed by atoms with Gasteiger partial charge in [0.2, 0.25) is 10.0 Å². The molecule has 108 valence electrons. The molecule has 0 fully saturated rings. The van der Waals surface area contributed by atoms with E-state index in [9.17, 15) is 17.2 Å². The fraction of sp³-hybridized carbons (Fsp3) is 0.455. The van der Waals surface area contributed by atoms with Gasteiger partial charge in [-0.2, -0.15) is 0 Å². The predicted molar refractivity (Wildman–Crippen MR) is 67.1 cm³/mol. The molecule has 0 aliphatic carbocycles. The molecule has 0 saturated carbocycles. The summed E-state index contributed by atoms with van der Waals surface area (Å²) in [7, 11) is -2.69. The molecule has 19 heavy (non-hydrogen) atoms. The molecule has 3 N–H and O–H groups in total. The molecule has 0 amide bonds. The van der Waals surface area contributed by atoms with Crippen LogP contribution < -0.4 is 10.5 Å². The zero-order valence-corrected chi connectivity index (χ0v) is 11.3. The lowest BCUT2D eigenvalue weighted by Crippen LogP contribution is -2.27. The first-order valence-corrected chi connectivity index (χ1v) is 7.10. The summed E-state index contributed by atoms with van der Waals surface area (Å²) in [5, 5.41) is 0. The van der Waals surface area contributed by atoms with Crippen LogP contribution in [0.3, 0.4) is 0 Å². The van der Waals surface area contributed by atoms with Crippen LogP contribution in [0.1, 0.15) is 12.8 Å². The molecule has 0 heterocycles. The van der Waals surface area contributed by atoms with Gasteiger partial charge in [0.15, 0.2) is 4.90 Å². The lowest BCUT2D eigenvalue weighted by atomic mass is 10.3. The molecule has 0 bridgehead atoms. The highest BCUT2D eigenvalue weighted by atomic mass is 32.2. The van der Waals surface area contributed by atoms with Crippen LogP contribution in [0.5, 0.6) is 0 Å². The molecule has 0 spiro atoms. The van der Waals surface area contributed by atoms with Crippen LogP contribution in [-0.4, -0.2) is 28.7 Å². The van der Waals surface area contributed by atoms with Gasteiger partial charge in [0.25, 0.3) is 0 Å². The van der Waals surface area contributed by atoms with Crippen LogP contribution in [0, 0.1) is 11.6 Å². The molecule has 0 saturated heterocycles. The Balaban J connectivity index is 2.78. The number of benzene rings is 1. The SMILES string of the molecule is COCCCCNS(=O)(=O)c1c(F)cc(N)cc1F. The third kappa shape index (κ3) is 4.41. The average molecular weight is 294 g/mol. The van der Waals surface area contributed by atoms with Crippen LogP contribution in [0.2, 0.25) is 0 Å². The van der Waals surface area contributed by atoms with E-state index in [1.807, 2.05) is 0 Å². The van der Waals surface area contributed by atoms with E-state index in [0.717, 1.165) is 12.1 Å². The zero-order chi connectivity index (χ0) is 14.5. The monoisotopic (exact) mass is 294 g/mol. The molecule has 0 atom stereocenters. The topological polar surface area (TPSA) is 81.4 Å². The standard InChI is InChI=1S/C11H16F2N2O3S/c1-18-5-3-2-4-15-19(16,17)11-9(12)6-8(14)7-10(11)13/h6-7,15H,2-5,14H2,1H3. The number of sulfonamides is 1. The molecule has 5 nitrogen and oxygen atoms in total. The second kappa shape index (κ2) is 6.78. The maximum atomic E-state index is 13.5. The smallest absolute Gasteiger partial charge is 0.246 e. The van der Waals surface area contributed by atoms with Gasteiger partial charge < -0.3 is 10.5 Å². The number of unbranched alkanes of at least 4 members (excludes halogenated alkanes) is 1. The molecule has 0 radical (unpaired) electrons. The van der Waals surface area contributed by atoms with Gasteiger partial charge in [-0.1, -0.05) is 0 Å². The van der Waals surface area contributed by atoms with E-state index >= 15 is 0 Å². The van der Waals surface area contributed by atoms with Gasteiger partial charge in [-0.3, -0.25) is 0 Å². The Labute approximate surface area is 110 Å². The van der Waals surface area contributed by atoms with Gasteiger partial charge >= 0.3 is 0 Å². The lowest BCUT2D eigenvalue weighted by molar-refractivity contribution is 0.193. The molecule has 0 aliphatic heterocycles. The van der Waals surface area contributed by atoms with Crippen LogP contribution in [0.15, 0.2) is 17.0 Å². The number of anilines is 1. The van der Waals surface area contributed by atoms with Gasteiger partial charge in [-0.05, 0) is 25.0 Å². The molecule has 0 aromatic heterocycles. The van der Waals surface area contributed by atoms with Gasteiger partial charge in [0.05, 0.1) is 0 Å². The number of nitrogens with one attached hydrogen (secondary N) is 1. The van der Waals surface area contributed by atoms with Crippen molar-refractivity contribution in [3.05, 3.63) is 23.8 Å². The van der Waals surface area contributed by atoms with E-state index in [-0.39, 0.29) is 12.2 Å². The quantitative estimate of drug-likeness (QED) is 0.586. The number of rotatable bonds is 7. The Morgan fingerprint density at radius 3 is 2.37 bits per heavy atom. The molecular formula is C11H16F2N2O3S. The van der Waals surface area contributed by atoms with Crippen molar-refractivity contribution in [2.75, 3.05) is 26.0 Å². The summed E-state index contributed by atoms with van der Waals surface area (Å²) in [5.74, 6) is -2.41. The molecular weight excluding hydrogens is 278 g/mol. The van der Waals surface area contributed by atoms with E-state index in [1.54, 1.807) is 0 Å². The Morgan fingerprint density at radius 1 is 1.26 bits per heavy atom. The maximum Gasteiger partial charge on any atom is 0.246 e. The highest BCUT2D eigenvalue weighted by Crippen LogP contribution is 2.21. The van der Waals surface area contributed by atoms with Gasteiger partial charge in [0, 0.05) is 25.9 Å². The van der Waals surface area contributed by atoms with Crippen LogP contribution in [-0.2, 0) is 14.8 Å². The zero-order valence-electron chi connectivity index (χ0n) is 10.4. The summed E-state index contributed by atoms with van der Waals surface area (Å²) in [6.07, 6.45) is 1.15. The number of nitrogens with two attached hydrogens (primary N) is 1. The molecule has 8 heteroatoms. The maximum absolute atomic E-state index is 13.5. The molecule has 1 rings (SSSR count). The summed E-state index contributed by atoms with van der Waals surface area (Å²) in [5.41, 5.74) is 5.05. The number of hydrogen-bond donors (Lipinski definition) is 2. The first kappa shape index (κ1) is 15.8. The Hall–Kier alpha value is -1.25. The van der Waals surface area contributed by atoms with Gasteiger partial charge in [-0.25, -0.2) is 21.9 Å². The largest absolute Gasteiger partial charge is 0.399 e. The summed E-state index contributed by atoms with van der Waals surface area (Å²) in [6.45, 7) is 0.571. The molecule has 0 aliphatic rings. The first-order chi connectivity index (χ1) is 8.88. The Bertz CT molecular complexity index is 512.